The minimum atomic E-state index is -0.897. The fourth-order valence-electron chi connectivity index (χ4n) is 1.04. The highest BCUT2D eigenvalue weighted by Crippen LogP contribution is 2.03. The average Bonchev–Trinajstić information content (AvgIpc) is 2.17. The highest BCUT2D eigenvalue weighted by atomic mass is 16.5. The van der Waals surface area contributed by atoms with Crippen LogP contribution >= 0.6 is 0 Å². The van der Waals surface area contributed by atoms with Crippen molar-refractivity contribution >= 4 is 12.1 Å². The predicted octanol–water partition coefficient (Wildman–Crippen LogP) is -0.585. The molecule has 1 rings (SSSR count). The summed E-state index contributed by atoms with van der Waals surface area (Å²) in [5.41, 5.74) is 5.32. The predicted molar refractivity (Wildman–Crippen MR) is 51.7 cm³/mol. The molecule has 0 bridgehead atoms. The number of carboxylic acids is 1. The van der Waals surface area contributed by atoms with Crippen LogP contribution in [0.25, 0.3) is 0 Å². The molecule has 0 aliphatic carbocycles. The van der Waals surface area contributed by atoms with E-state index in [1.807, 2.05) is 0 Å². The third-order valence-corrected chi connectivity index (χ3v) is 1.67. The molecule has 0 spiro atoms. The summed E-state index contributed by atoms with van der Waals surface area (Å²) in [5, 5.41) is 16.0. The average molecular weight is 220 g/mol. The van der Waals surface area contributed by atoms with E-state index in [1.165, 1.54) is 4.90 Å². The van der Waals surface area contributed by atoms with E-state index in [9.17, 15) is 4.79 Å². The minimum absolute atomic E-state index is 0.125. The smallest absolute Gasteiger partial charge is 0.407 e. The first-order chi connectivity index (χ1) is 6.97. The SMILES string of the molecule is CC(=O)O.NC[C@@H]1CN(C(=O)O)CCO1. The molecule has 1 heterocycles. The second-order valence-electron chi connectivity index (χ2n) is 2.98. The van der Waals surface area contributed by atoms with Gasteiger partial charge in [0.1, 0.15) is 0 Å². The Bertz CT molecular complexity index is 217. The fraction of sp³-hybridized carbons (Fsp3) is 0.750. The van der Waals surface area contributed by atoms with Crippen LogP contribution in [-0.2, 0) is 9.53 Å². The number of hydrogen-bond acceptors (Lipinski definition) is 4. The van der Waals surface area contributed by atoms with Gasteiger partial charge in [0.05, 0.1) is 19.3 Å². The van der Waals surface area contributed by atoms with E-state index in [0.29, 0.717) is 26.2 Å². The maximum Gasteiger partial charge on any atom is 0.407 e. The molecule has 1 aliphatic heterocycles. The molecule has 88 valence electrons. The van der Waals surface area contributed by atoms with Crippen LogP contribution in [0, 0.1) is 0 Å². The van der Waals surface area contributed by atoms with Crippen LogP contribution in [0.4, 0.5) is 4.79 Å². The Kier molecular flexibility index (Phi) is 6.39. The van der Waals surface area contributed by atoms with Crippen LogP contribution in [0.3, 0.4) is 0 Å². The van der Waals surface area contributed by atoms with E-state index in [0.717, 1.165) is 6.92 Å². The van der Waals surface area contributed by atoms with Crippen molar-refractivity contribution in [3.63, 3.8) is 0 Å². The molecule has 0 unspecified atom stereocenters. The Morgan fingerprint density at radius 3 is 2.47 bits per heavy atom. The molecule has 1 saturated heterocycles. The summed E-state index contributed by atoms with van der Waals surface area (Å²) in [4.78, 5) is 20.8. The van der Waals surface area contributed by atoms with Gasteiger partial charge in [-0.3, -0.25) is 4.79 Å². The molecule has 4 N–H and O–H groups in total. The molecular formula is C8H16N2O5. The van der Waals surface area contributed by atoms with Gasteiger partial charge in [0.25, 0.3) is 5.97 Å². The molecule has 7 nitrogen and oxygen atoms in total. The largest absolute Gasteiger partial charge is 0.481 e. The van der Waals surface area contributed by atoms with E-state index < -0.39 is 12.1 Å². The van der Waals surface area contributed by atoms with Crippen molar-refractivity contribution in [2.24, 2.45) is 5.73 Å². The zero-order valence-corrected chi connectivity index (χ0v) is 8.55. The standard InChI is InChI=1S/C6H12N2O3.C2H4O2/c7-3-5-4-8(6(9)10)1-2-11-5;1-2(3)4/h5H,1-4,7H2,(H,9,10);1H3,(H,3,4)/t5-;/m1./s1. The molecule has 0 aromatic heterocycles. The third kappa shape index (κ3) is 6.69. The minimum Gasteiger partial charge on any atom is -0.481 e. The summed E-state index contributed by atoms with van der Waals surface area (Å²) >= 11 is 0. The first-order valence-electron chi connectivity index (χ1n) is 4.46. The highest BCUT2D eigenvalue weighted by Gasteiger charge is 2.22. The Labute approximate surface area is 87.4 Å². The number of nitrogens with two attached hydrogens (primary N) is 1. The number of carbonyl (C=O) groups is 2. The molecule has 0 radical (unpaired) electrons. The summed E-state index contributed by atoms with van der Waals surface area (Å²) in [6, 6.07) is 0. The van der Waals surface area contributed by atoms with Crippen molar-refractivity contribution in [1.29, 1.82) is 0 Å². The summed E-state index contributed by atoms with van der Waals surface area (Å²) in [6.07, 6.45) is -1.02. The van der Waals surface area contributed by atoms with Crippen LogP contribution in [-0.4, -0.2) is 59.5 Å². The number of carboxylic acid groups (broad SMARTS) is 2. The van der Waals surface area contributed by atoms with Gasteiger partial charge in [0, 0.05) is 20.0 Å². The lowest BCUT2D eigenvalue weighted by molar-refractivity contribution is -0.134. The molecule has 7 heteroatoms. The number of amides is 1. The van der Waals surface area contributed by atoms with Crippen molar-refractivity contribution in [3.8, 4) is 0 Å². The van der Waals surface area contributed by atoms with Crippen LogP contribution in [0.1, 0.15) is 6.92 Å². The van der Waals surface area contributed by atoms with Gasteiger partial charge < -0.3 is 25.6 Å². The van der Waals surface area contributed by atoms with E-state index in [-0.39, 0.29) is 6.10 Å². The molecule has 1 aliphatic rings. The Hall–Kier alpha value is -1.34. The summed E-state index contributed by atoms with van der Waals surface area (Å²) in [6.45, 7) is 2.76. The van der Waals surface area contributed by atoms with Gasteiger partial charge in [0.15, 0.2) is 0 Å². The van der Waals surface area contributed by atoms with Crippen molar-refractivity contribution in [2.45, 2.75) is 13.0 Å². The van der Waals surface area contributed by atoms with Crippen molar-refractivity contribution in [3.05, 3.63) is 0 Å². The summed E-state index contributed by atoms with van der Waals surface area (Å²) < 4.78 is 5.18. The highest BCUT2D eigenvalue weighted by molar-refractivity contribution is 5.65. The van der Waals surface area contributed by atoms with Gasteiger partial charge in [-0.25, -0.2) is 4.79 Å². The normalized spacial score (nSPS) is 20.1. The van der Waals surface area contributed by atoms with Crippen LogP contribution in [0.5, 0.6) is 0 Å². The Morgan fingerprint density at radius 1 is 1.53 bits per heavy atom. The lowest BCUT2D eigenvalue weighted by atomic mass is 10.3. The molecule has 1 fully saturated rings. The second kappa shape index (κ2) is 7.02. The number of morpholine rings is 1. The number of ether oxygens (including phenoxy) is 1. The topological polar surface area (TPSA) is 113 Å². The maximum atomic E-state index is 10.4. The first kappa shape index (κ1) is 13.7. The quantitative estimate of drug-likeness (QED) is 0.544. The van der Waals surface area contributed by atoms with Gasteiger partial charge in [-0.1, -0.05) is 0 Å². The van der Waals surface area contributed by atoms with Crippen LogP contribution < -0.4 is 5.73 Å². The van der Waals surface area contributed by atoms with Gasteiger partial charge in [-0.2, -0.15) is 0 Å². The maximum absolute atomic E-state index is 10.4. The molecule has 0 saturated carbocycles. The summed E-state index contributed by atoms with van der Waals surface area (Å²) in [5.74, 6) is -0.833. The van der Waals surface area contributed by atoms with E-state index in [2.05, 4.69) is 0 Å². The number of rotatable bonds is 1. The van der Waals surface area contributed by atoms with E-state index >= 15 is 0 Å². The first-order valence-corrected chi connectivity index (χ1v) is 4.46. The van der Waals surface area contributed by atoms with Crippen molar-refractivity contribution in [2.75, 3.05) is 26.2 Å². The van der Waals surface area contributed by atoms with Crippen LogP contribution in [0.15, 0.2) is 0 Å². The Balaban J connectivity index is 0.000000423. The van der Waals surface area contributed by atoms with E-state index in [1.54, 1.807) is 0 Å². The zero-order valence-electron chi connectivity index (χ0n) is 8.55. The van der Waals surface area contributed by atoms with Crippen LogP contribution in [0.2, 0.25) is 0 Å². The monoisotopic (exact) mass is 220 g/mol. The second-order valence-corrected chi connectivity index (χ2v) is 2.98. The molecule has 0 aromatic carbocycles. The van der Waals surface area contributed by atoms with Crippen molar-refractivity contribution < 1.29 is 24.5 Å². The summed E-state index contributed by atoms with van der Waals surface area (Å²) in [7, 11) is 0. The van der Waals surface area contributed by atoms with Gasteiger partial charge in [-0.05, 0) is 0 Å². The lowest BCUT2D eigenvalue weighted by Crippen LogP contribution is -2.47. The van der Waals surface area contributed by atoms with Gasteiger partial charge >= 0.3 is 6.09 Å². The molecule has 1 atom stereocenters. The van der Waals surface area contributed by atoms with E-state index in [4.69, 9.17) is 25.5 Å². The molecular weight excluding hydrogens is 204 g/mol. The number of nitrogens with zero attached hydrogens (tertiary/aromatic N) is 1. The third-order valence-electron chi connectivity index (χ3n) is 1.67. The number of hydrogen-bond donors (Lipinski definition) is 3. The fourth-order valence-corrected chi connectivity index (χ4v) is 1.04. The zero-order chi connectivity index (χ0) is 11.8. The van der Waals surface area contributed by atoms with Gasteiger partial charge in [0.2, 0.25) is 0 Å². The van der Waals surface area contributed by atoms with Gasteiger partial charge in [-0.15, -0.1) is 0 Å². The Morgan fingerprint density at radius 2 is 2.07 bits per heavy atom. The molecule has 0 aromatic rings. The van der Waals surface area contributed by atoms with Crippen molar-refractivity contribution in [1.82, 2.24) is 4.90 Å². The number of aliphatic carboxylic acids is 1. The molecule has 15 heavy (non-hydrogen) atoms. The lowest BCUT2D eigenvalue weighted by Gasteiger charge is -2.30. The molecule has 1 amide bonds.